The summed E-state index contributed by atoms with van der Waals surface area (Å²) in [4.78, 5) is 12.1. The Morgan fingerprint density at radius 1 is 1.27 bits per heavy atom. The average Bonchev–Trinajstić information content (AvgIpc) is 2.48. The zero-order chi connectivity index (χ0) is 16.1. The molecule has 118 valence electrons. The summed E-state index contributed by atoms with van der Waals surface area (Å²) in [6, 6.07) is 5.06. The van der Waals surface area contributed by atoms with Crippen molar-refractivity contribution >= 4 is 21.9 Å². The maximum atomic E-state index is 11.8. The molecule has 2 rings (SSSR count). The van der Waals surface area contributed by atoms with Gasteiger partial charge in [-0.15, -0.1) is 0 Å². The largest absolute Gasteiger partial charge is 0.491 e. The summed E-state index contributed by atoms with van der Waals surface area (Å²) in [5.41, 5.74) is 0.398. The van der Waals surface area contributed by atoms with Crippen molar-refractivity contribution in [2.45, 2.75) is 31.2 Å². The van der Waals surface area contributed by atoms with Gasteiger partial charge in [-0.2, -0.15) is 0 Å². The molecule has 0 bridgehead atoms. The number of methoxy groups -OCH3 is 1. The number of alkyl halides is 1. The molecule has 0 saturated carbocycles. The lowest BCUT2D eigenvalue weighted by molar-refractivity contribution is 0.0599. The van der Waals surface area contributed by atoms with E-state index in [2.05, 4.69) is 15.9 Å². The Kier molecular flexibility index (Phi) is 5.66. The molecule has 0 heterocycles. The van der Waals surface area contributed by atoms with Gasteiger partial charge in [-0.3, -0.25) is 0 Å². The monoisotopic (exact) mass is 366 g/mol. The van der Waals surface area contributed by atoms with Gasteiger partial charge in [-0.1, -0.05) is 22.0 Å². The third-order valence-electron chi connectivity index (χ3n) is 2.92. The van der Waals surface area contributed by atoms with E-state index in [9.17, 15) is 4.79 Å². The minimum Gasteiger partial charge on any atom is -0.491 e. The van der Waals surface area contributed by atoms with Crippen LogP contribution in [0.5, 0.6) is 11.5 Å². The molecule has 0 radical (unpaired) electrons. The molecule has 0 fully saturated rings. The number of esters is 1. The first kappa shape index (κ1) is 16.6. The van der Waals surface area contributed by atoms with Gasteiger partial charge < -0.3 is 14.2 Å². The number of carbonyl (C=O) groups excluding carboxylic acids is 1. The van der Waals surface area contributed by atoms with Crippen LogP contribution in [0.2, 0.25) is 0 Å². The van der Waals surface area contributed by atoms with Gasteiger partial charge in [0.25, 0.3) is 0 Å². The summed E-state index contributed by atoms with van der Waals surface area (Å²) < 4.78 is 16.3. The second-order valence-corrected chi connectivity index (χ2v) is 6.35. The van der Waals surface area contributed by atoms with Crippen molar-refractivity contribution in [1.82, 2.24) is 0 Å². The number of rotatable bonds is 5. The van der Waals surface area contributed by atoms with Gasteiger partial charge in [0.15, 0.2) is 0 Å². The molecule has 1 aliphatic carbocycles. The minimum absolute atomic E-state index is 0.00342. The van der Waals surface area contributed by atoms with Gasteiger partial charge in [-0.25, -0.2) is 4.79 Å². The highest BCUT2D eigenvalue weighted by atomic mass is 79.9. The van der Waals surface area contributed by atoms with Gasteiger partial charge in [0.2, 0.25) is 0 Å². The quantitative estimate of drug-likeness (QED) is 0.577. The molecule has 1 atom stereocenters. The predicted octanol–water partition coefficient (Wildman–Crippen LogP) is 4.25. The van der Waals surface area contributed by atoms with Crippen LogP contribution in [0.1, 0.15) is 30.6 Å². The number of hydrogen-bond donors (Lipinski definition) is 0. The summed E-state index contributed by atoms with van der Waals surface area (Å²) in [6.07, 6.45) is 6.77. The summed E-state index contributed by atoms with van der Waals surface area (Å²) in [5, 5.41) is 0. The zero-order valence-electron chi connectivity index (χ0n) is 12.8. The fourth-order valence-corrected chi connectivity index (χ4v) is 2.33. The number of hydrogen-bond acceptors (Lipinski definition) is 4. The summed E-state index contributed by atoms with van der Waals surface area (Å²) >= 11 is 3.51. The molecule has 5 heteroatoms. The van der Waals surface area contributed by atoms with Gasteiger partial charge in [-0.05, 0) is 44.6 Å². The number of carbonyl (C=O) groups is 1. The molecular weight excluding hydrogens is 348 g/mol. The maximum absolute atomic E-state index is 11.8. The summed E-state index contributed by atoms with van der Waals surface area (Å²) in [6.45, 7) is 3.85. The maximum Gasteiger partial charge on any atom is 0.338 e. The van der Waals surface area contributed by atoms with E-state index < -0.39 is 5.97 Å². The predicted molar refractivity (Wildman–Crippen MR) is 88.7 cm³/mol. The Balaban J connectivity index is 2.25. The summed E-state index contributed by atoms with van der Waals surface area (Å²) in [5.74, 6) is 1.44. The Morgan fingerprint density at radius 3 is 2.59 bits per heavy atom. The first-order valence-corrected chi connectivity index (χ1v) is 8.00. The Labute approximate surface area is 138 Å². The number of benzene rings is 1. The lowest BCUT2D eigenvalue weighted by Crippen LogP contribution is -2.08. The van der Waals surface area contributed by atoms with Crippen molar-refractivity contribution in [3.8, 4) is 11.5 Å². The fraction of sp³-hybridized carbons (Fsp3) is 0.353. The van der Waals surface area contributed by atoms with E-state index >= 15 is 0 Å². The van der Waals surface area contributed by atoms with Crippen molar-refractivity contribution in [3.05, 3.63) is 47.7 Å². The standard InChI is InChI=1S/C17H19BrO4/c1-11(2)21-15-8-12(17(19)20-3)9-16(10-15)22-14-6-4-13(18)5-7-14/h4,6-11,13H,5H2,1-3H3. The Morgan fingerprint density at radius 2 is 2.00 bits per heavy atom. The van der Waals surface area contributed by atoms with E-state index in [-0.39, 0.29) is 6.10 Å². The van der Waals surface area contributed by atoms with E-state index in [1.165, 1.54) is 7.11 Å². The topological polar surface area (TPSA) is 44.8 Å². The molecule has 1 aliphatic rings. The van der Waals surface area contributed by atoms with Crippen LogP contribution in [-0.4, -0.2) is 24.0 Å². The van der Waals surface area contributed by atoms with Crippen molar-refractivity contribution in [1.29, 1.82) is 0 Å². The second kappa shape index (κ2) is 7.49. The van der Waals surface area contributed by atoms with E-state index in [0.717, 1.165) is 12.2 Å². The van der Waals surface area contributed by atoms with Crippen LogP contribution < -0.4 is 9.47 Å². The third kappa shape index (κ3) is 4.63. The lowest BCUT2D eigenvalue weighted by Gasteiger charge is -2.15. The smallest absolute Gasteiger partial charge is 0.338 e. The number of halogens is 1. The van der Waals surface area contributed by atoms with E-state index in [0.29, 0.717) is 21.9 Å². The van der Waals surface area contributed by atoms with Gasteiger partial charge in [0.1, 0.15) is 17.3 Å². The van der Waals surface area contributed by atoms with Crippen molar-refractivity contribution in [2.24, 2.45) is 0 Å². The Bertz CT molecular complexity index is 605. The SMILES string of the molecule is COC(=O)c1cc(OC2=CCC(Br)C=C2)cc(OC(C)C)c1. The van der Waals surface area contributed by atoms with Crippen LogP contribution in [0.15, 0.2) is 42.2 Å². The molecule has 1 aromatic carbocycles. The molecule has 0 N–H and O–H groups in total. The molecule has 0 aromatic heterocycles. The highest BCUT2D eigenvalue weighted by Crippen LogP contribution is 2.27. The molecule has 22 heavy (non-hydrogen) atoms. The van der Waals surface area contributed by atoms with Gasteiger partial charge >= 0.3 is 5.97 Å². The molecule has 0 amide bonds. The van der Waals surface area contributed by atoms with Gasteiger partial charge in [0.05, 0.1) is 18.8 Å². The lowest BCUT2D eigenvalue weighted by atomic mass is 10.1. The van der Waals surface area contributed by atoms with E-state index in [1.807, 2.05) is 32.1 Å². The molecule has 1 aromatic rings. The van der Waals surface area contributed by atoms with Crippen molar-refractivity contribution < 1.29 is 19.0 Å². The Hall–Kier alpha value is -1.75. The minimum atomic E-state index is -0.423. The number of allylic oxidation sites excluding steroid dienone is 3. The zero-order valence-corrected chi connectivity index (χ0v) is 14.4. The van der Waals surface area contributed by atoms with Gasteiger partial charge in [0, 0.05) is 10.9 Å². The molecule has 0 spiro atoms. The summed E-state index contributed by atoms with van der Waals surface area (Å²) in [7, 11) is 1.35. The van der Waals surface area contributed by atoms with Crippen LogP contribution in [-0.2, 0) is 4.74 Å². The average molecular weight is 367 g/mol. The molecule has 1 unspecified atom stereocenters. The second-order valence-electron chi connectivity index (χ2n) is 5.17. The van der Waals surface area contributed by atoms with Crippen molar-refractivity contribution in [3.63, 3.8) is 0 Å². The highest BCUT2D eigenvalue weighted by molar-refractivity contribution is 9.09. The fourth-order valence-electron chi connectivity index (χ4n) is 1.99. The molecule has 0 aliphatic heterocycles. The van der Waals surface area contributed by atoms with E-state index in [1.54, 1.807) is 18.2 Å². The number of ether oxygens (including phenoxy) is 3. The normalized spacial score (nSPS) is 17.1. The first-order chi connectivity index (χ1) is 10.5. The van der Waals surface area contributed by atoms with Crippen LogP contribution in [0.3, 0.4) is 0 Å². The third-order valence-corrected chi connectivity index (χ3v) is 3.60. The first-order valence-electron chi connectivity index (χ1n) is 7.08. The van der Waals surface area contributed by atoms with E-state index in [4.69, 9.17) is 14.2 Å². The molecule has 0 saturated heterocycles. The highest BCUT2D eigenvalue weighted by Gasteiger charge is 2.13. The molecular formula is C17H19BrO4. The molecule has 4 nitrogen and oxygen atoms in total. The van der Waals surface area contributed by atoms with Crippen LogP contribution in [0.25, 0.3) is 0 Å². The van der Waals surface area contributed by atoms with Crippen LogP contribution in [0.4, 0.5) is 0 Å². The van der Waals surface area contributed by atoms with Crippen LogP contribution >= 0.6 is 15.9 Å². The van der Waals surface area contributed by atoms with Crippen LogP contribution in [0, 0.1) is 0 Å². The van der Waals surface area contributed by atoms with Crippen molar-refractivity contribution in [2.75, 3.05) is 7.11 Å².